The van der Waals surface area contributed by atoms with E-state index in [9.17, 15) is 0 Å². The molecule has 0 spiro atoms. The fraction of sp³-hybridized carbons (Fsp3) is 1.00. The van der Waals surface area contributed by atoms with Gasteiger partial charge in [-0.25, -0.2) is 0 Å². The van der Waals surface area contributed by atoms with Crippen LogP contribution < -0.4 is 11.5 Å². The molecule has 5 nitrogen and oxygen atoms in total. The normalized spacial score (nSPS) is 13.0. The number of rotatable bonds is 11. The van der Waals surface area contributed by atoms with Crippen LogP contribution in [-0.2, 0) is 14.2 Å². The third kappa shape index (κ3) is 13.8. The molecule has 1 unspecified atom stereocenters. The first-order chi connectivity index (χ1) is 7.27. The SMILES string of the molecule is CC(N)COCCOCCOCCCN. The lowest BCUT2D eigenvalue weighted by Gasteiger charge is -2.07. The molecule has 0 fully saturated rings. The average molecular weight is 220 g/mol. The van der Waals surface area contributed by atoms with Gasteiger partial charge in [0.1, 0.15) is 0 Å². The molecular formula is C10H24N2O3. The summed E-state index contributed by atoms with van der Waals surface area (Å²) in [5, 5.41) is 0. The third-order valence-electron chi connectivity index (χ3n) is 1.62. The average Bonchev–Trinajstić information content (AvgIpc) is 2.20. The lowest BCUT2D eigenvalue weighted by molar-refractivity contribution is 0.0127. The Morgan fingerprint density at radius 2 is 1.47 bits per heavy atom. The Kier molecular flexibility index (Phi) is 11.7. The second kappa shape index (κ2) is 11.9. The summed E-state index contributed by atoms with van der Waals surface area (Å²) in [7, 11) is 0. The predicted molar refractivity (Wildman–Crippen MR) is 59.8 cm³/mol. The van der Waals surface area contributed by atoms with E-state index in [1.54, 1.807) is 0 Å². The van der Waals surface area contributed by atoms with Crippen LogP contribution in [0.25, 0.3) is 0 Å². The van der Waals surface area contributed by atoms with Gasteiger partial charge in [0.2, 0.25) is 0 Å². The second-order valence-corrected chi connectivity index (χ2v) is 3.42. The maximum Gasteiger partial charge on any atom is 0.0701 e. The Hall–Kier alpha value is -0.200. The smallest absolute Gasteiger partial charge is 0.0701 e. The summed E-state index contributed by atoms with van der Waals surface area (Å²) in [6.45, 7) is 6.27. The molecular weight excluding hydrogens is 196 g/mol. The summed E-state index contributed by atoms with van der Waals surface area (Å²) in [5.41, 5.74) is 10.8. The molecule has 4 N–H and O–H groups in total. The largest absolute Gasteiger partial charge is 0.379 e. The van der Waals surface area contributed by atoms with Gasteiger partial charge in [0.25, 0.3) is 0 Å². The van der Waals surface area contributed by atoms with Crippen molar-refractivity contribution in [3.8, 4) is 0 Å². The van der Waals surface area contributed by atoms with Gasteiger partial charge in [-0.2, -0.15) is 0 Å². The molecule has 5 heteroatoms. The zero-order chi connectivity index (χ0) is 11.4. The van der Waals surface area contributed by atoms with Crippen molar-refractivity contribution in [1.29, 1.82) is 0 Å². The van der Waals surface area contributed by atoms with E-state index < -0.39 is 0 Å². The Labute approximate surface area is 92.0 Å². The quantitative estimate of drug-likeness (QED) is 0.469. The van der Waals surface area contributed by atoms with E-state index in [-0.39, 0.29) is 6.04 Å². The van der Waals surface area contributed by atoms with Gasteiger partial charge in [-0.15, -0.1) is 0 Å². The summed E-state index contributed by atoms with van der Waals surface area (Å²) in [4.78, 5) is 0. The van der Waals surface area contributed by atoms with Crippen LogP contribution in [-0.4, -0.2) is 52.2 Å². The molecule has 0 rings (SSSR count). The molecule has 0 radical (unpaired) electrons. The fourth-order valence-corrected chi connectivity index (χ4v) is 0.894. The number of hydrogen-bond donors (Lipinski definition) is 2. The first-order valence-corrected chi connectivity index (χ1v) is 5.46. The van der Waals surface area contributed by atoms with Gasteiger partial charge in [-0.05, 0) is 19.9 Å². The zero-order valence-corrected chi connectivity index (χ0v) is 9.61. The van der Waals surface area contributed by atoms with Crippen LogP contribution in [0.1, 0.15) is 13.3 Å². The first-order valence-electron chi connectivity index (χ1n) is 5.46. The van der Waals surface area contributed by atoms with Gasteiger partial charge in [-0.3, -0.25) is 0 Å². The van der Waals surface area contributed by atoms with Crippen molar-refractivity contribution >= 4 is 0 Å². The lowest BCUT2D eigenvalue weighted by atomic mass is 10.4. The van der Waals surface area contributed by atoms with Gasteiger partial charge in [-0.1, -0.05) is 0 Å². The molecule has 0 aliphatic heterocycles. The molecule has 0 aromatic carbocycles. The highest BCUT2D eigenvalue weighted by atomic mass is 16.5. The summed E-state index contributed by atoms with van der Waals surface area (Å²) in [6.07, 6.45) is 0.900. The van der Waals surface area contributed by atoms with Crippen LogP contribution in [0.15, 0.2) is 0 Å². The van der Waals surface area contributed by atoms with E-state index in [1.165, 1.54) is 0 Å². The van der Waals surface area contributed by atoms with Crippen molar-refractivity contribution in [3.63, 3.8) is 0 Å². The molecule has 0 amide bonds. The van der Waals surface area contributed by atoms with Crippen LogP contribution in [0, 0.1) is 0 Å². The van der Waals surface area contributed by atoms with Crippen molar-refractivity contribution in [2.75, 3.05) is 46.2 Å². The van der Waals surface area contributed by atoms with Gasteiger partial charge in [0, 0.05) is 12.6 Å². The minimum atomic E-state index is 0.0876. The second-order valence-electron chi connectivity index (χ2n) is 3.42. The molecule has 0 saturated heterocycles. The molecule has 15 heavy (non-hydrogen) atoms. The standard InChI is InChI=1S/C10H24N2O3/c1-10(12)9-15-8-7-14-6-5-13-4-2-3-11/h10H,2-9,11-12H2,1H3. The van der Waals surface area contributed by atoms with Gasteiger partial charge < -0.3 is 25.7 Å². The molecule has 0 heterocycles. The summed E-state index contributed by atoms with van der Waals surface area (Å²) < 4.78 is 15.8. The van der Waals surface area contributed by atoms with Crippen molar-refractivity contribution in [3.05, 3.63) is 0 Å². The molecule has 1 atom stereocenters. The van der Waals surface area contributed by atoms with E-state index in [2.05, 4.69) is 0 Å². The zero-order valence-electron chi connectivity index (χ0n) is 9.61. The van der Waals surface area contributed by atoms with Crippen molar-refractivity contribution in [1.82, 2.24) is 0 Å². The first kappa shape index (κ1) is 14.8. The summed E-state index contributed by atoms with van der Waals surface area (Å²) in [6, 6.07) is 0.0876. The van der Waals surface area contributed by atoms with Crippen molar-refractivity contribution < 1.29 is 14.2 Å². The monoisotopic (exact) mass is 220 g/mol. The van der Waals surface area contributed by atoms with Crippen LogP contribution in [0.4, 0.5) is 0 Å². The molecule has 92 valence electrons. The highest BCUT2D eigenvalue weighted by Gasteiger charge is 1.94. The van der Waals surface area contributed by atoms with Gasteiger partial charge >= 0.3 is 0 Å². The third-order valence-corrected chi connectivity index (χ3v) is 1.62. The maximum atomic E-state index is 5.51. The van der Waals surface area contributed by atoms with Gasteiger partial charge in [0.05, 0.1) is 33.0 Å². The van der Waals surface area contributed by atoms with Crippen LogP contribution in [0.2, 0.25) is 0 Å². The van der Waals surface area contributed by atoms with E-state index in [1.807, 2.05) is 6.92 Å². The lowest BCUT2D eigenvalue weighted by Crippen LogP contribution is -2.23. The van der Waals surface area contributed by atoms with E-state index in [4.69, 9.17) is 25.7 Å². The molecule has 0 aromatic heterocycles. The van der Waals surface area contributed by atoms with E-state index in [0.717, 1.165) is 6.42 Å². The molecule has 0 saturated carbocycles. The molecule has 0 aromatic rings. The van der Waals surface area contributed by atoms with Crippen LogP contribution in [0.5, 0.6) is 0 Å². The highest BCUT2D eigenvalue weighted by Crippen LogP contribution is 1.84. The number of ether oxygens (including phenoxy) is 3. The van der Waals surface area contributed by atoms with Crippen LogP contribution >= 0.6 is 0 Å². The van der Waals surface area contributed by atoms with Crippen molar-refractivity contribution in [2.45, 2.75) is 19.4 Å². The Bertz CT molecular complexity index is 123. The minimum absolute atomic E-state index is 0.0876. The molecule has 0 bridgehead atoms. The topological polar surface area (TPSA) is 79.7 Å². The molecule has 0 aliphatic carbocycles. The number of hydrogen-bond acceptors (Lipinski definition) is 5. The summed E-state index contributed by atoms with van der Waals surface area (Å²) >= 11 is 0. The maximum absolute atomic E-state index is 5.51. The Morgan fingerprint density at radius 3 is 2.00 bits per heavy atom. The van der Waals surface area contributed by atoms with Crippen molar-refractivity contribution in [2.24, 2.45) is 11.5 Å². The van der Waals surface area contributed by atoms with E-state index in [0.29, 0.717) is 46.2 Å². The van der Waals surface area contributed by atoms with Gasteiger partial charge in [0.15, 0.2) is 0 Å². The van der Waals surface area contributed by atoms with E-state index >= 15 is 0 Å². The fourth-order valence-electron chi connectivity index (χ4n) is 0.894. The highest BCUT2D eigenvalue weighted by molar-refractivity contribution is 4.47. The van der Waals surface area contributed by atoms with Crippen LogP contribution in [0.3, 0.4) is 0 Å². The molecule has 0 aliphatic rings. The minimum Gasteiger partial charge on any atom is -0.379 e. The number of nitrogens with two attached hydrogens (primary N) is 2. The predicted octanol–water partition coefficient (Wildman–Crippen LogP) is -0.268. The Morgan fingerprint density at radius 1 is 0.933 bits per heavy atom. The Balaban J connectivity index is 2.87. The summed E-state index contributed by atoms with van der Waals surface area (Å²) in [5.74, 6) is 0.